The Morgan fingerprint density at radius 1 is 1.39 bits per heavy atom. The summed E-state index contributed by atoms with van der Waals surface area (Å²) in [5.74, 6) is -0.702. The molecule has 0 bridgehead atoms. The molecule has 0 spiro atoms. The number of esters is 1. The van der Waals surface area contributed by atoms with Gasteiger partial charge in [0.2, 0.25) is 5.91 Å². The lowest BCUT2D eigenvalue weighted by Gasteiger charge is -2.34. The minimum atomic E-state index is -1.17. The highest BCUT2D eigenvalue weighted by molar-refractivity contribution is 6.09. The van der Waals surface area contributed by atoms with Gasteiger partial charge in [0.1, 0.15) is 0 Å². The topological polar surface area (TPSA) is 55.4 Å². The first-order valence-electron chi connectivity index (χ1n) is 6.23. The Morgan fingerprint density at radius 2 is 2.11 bits per heavy atom. The lowest BCUT2D eigenvalue weighted by atomic mass is 9.74. The SMILES string of the molecule is CCOC(=O)[C@@]1(c2ccccc2)CCCNC1=O. The van der Waals surface area contributed by atoms with E-state index in [-0.39, 0.29) is 12.5 Å². The van der Waals surface area contributed by atoms with Gasteiger partial charge in [-0.2, -0.15) is 0 Å². The Balaban J connectivity index is 2.45. The fraction of sp³-hybridized carbons (Fsp3) is 0.429. The predicted molar refractivity (Wildman–Crippen MR) is 67.0 cm³/mol. The van der Waals surface area contributed by atoms with E-state index in [0.29, 0.717) is 18.5 Å². The van der Waals surface area contributed by atoms with Gasteiger partial charge in [-0.05, 0) is 25.3 Å². The number of nitrogens with one attached hydrogen (secondary N) is 1. The average Bonchev–Trinajstić information content (AvgIpc) is 2.41. The molecule has 1 aliphatic heterocycles. The van der Waals surface area contributed by atoms with Crippen LogP contribution in [-0.2, 0) is 19.7 Å². The van der Waals surface area contributed by atoms with Crippen LogP contribution < -0.4 is 5.32 Å². The average molecular weight is 247 g/mol. The van der Waals surface area contributed by atoms with Crippen molar-refractivity contribution < 1.29 is 14.3 Å². The zero-order valence-corrected chi connectivity index (χ0v) is 10.4. The van der Waals surface area contributed by atoms with E-state index in [1.165, 1.54) is 0 Å². The van der Waals surface area contributed by atoms with Crippen LogP contribution in [0.1, 0.15) is 25.3 Å². The van der Waals surface area contributed by atoms with Crippen molar-refractivity contribution in [2.75, 3.05) is 13.2 Å². The van der Waals surface area contributed by atoms with E-state index >= 15 is 0 Å². The summed E-state index contributed by atoms with van der Waals surface area (Å²) < 4.78 is 5.11. The molecule has 0 aliphatic carbocycles. The molecule has 2 rings (SSSR count). The maximum atomic E-state index is 12.2. The number of piperidine rings is 1. The summed E-state index contributed by atoms with van der Waals surface area (Å²) in [6.45, 7) is 2.64. The molecule has 1 saturated heterocycles. The van der Waals surface area contributed by atoms with Crippen LogP contribution in [0.3, 0.4) is 0 Å². The highest BCUT2D eigenvalue weighted by Crippen LogP contribution is 2.33. The van der Waals surface area contributed by atoms with Crippen LogP contribution in [0.15, 0.2) is 30.3 Å². The Labute approximate surface area is 106 Å². The largest absolute Gasteiger partial charge is 0.465 e. The lowest BCUT2D eigenvalue weighted by molar-refractivity contribution is -0.156. The van der Waals surface area contributed by atoms with Crippen molar-refractivity contribution in [3.8, 4) is 0 Å². The highest BCUT2D eigenvalue weighted by Gasteiger charge is 2.49. The minimum Gasteiger partial charge on any atom is -0.465 e. The highest BCUT2D eigenvalue weighted by atomic mass is 16.5. The molecule has 0 aromatic heterocycles. The van der Waals surface area contributed by atoms with Gasteiger partial charge < -0.3 is 10.1 Å². The molecule has 1 fully saturated rings. The number of carbonyl (C=O) groups is 2. The third-order valence-electron chi connectivity index (χ3n) is 3.29. The van der Waals surface area contributed by atoms with E-state index < -0.39 is 11.4 Å². The quantitative estimate of drug-likeness (QED) is 0.649. The second kappa shape index (κ2) is 5.21. The molecule has 1 aromatic carbocycles. The molecular formula is C14H17NO3. The van der Waals surface area contributed by atoms with E-state index in [9.17, 15) is 9.59 Å². The van der Waals surface area contributed by atoms with Crippen molar-refractivity contribution in [3.63, 3.8) is 0 Å². The van der Waals surface area contributed by atoms with Crippen molar-refractivity contribution in [1.82, 2.24) is 5.32 Å². The maximum absolute atomic E-state index is 12.2. The van der Waals surface area contributed by atoms with Gasteiger partial charge in [0.15, 0.2) is 5.41 Å². The molecule has 1 heterocycles. The van der Waals surface area contributed by atoms with Gasteiger partial charge in [0, 0.05) is 6.54 Å². The van der Waals surface area contributed by atoms with E-state index in [1.54, 1.807) is 6.92 Å². The van der Waals surface area contributed by atoms with Crippen molar-refractivity contribution in [3.05, 3.63) is 35.9 Å². The molecule has 0 unspecified atom stereocenters. The van der Waals surface area contributed by atoms with Crippen molar-refractivity contribution in [2.24, 2.45) is 0 Å². The third-order valence-corrected chi connectivity index (χ3v) is 3.29. The first-order valence-corrected chi connectivity index (χ1v) is 6.23. The van der Waals surface area contributed by atoms with Gasteiger partial charge in [-0.15, -0.1) is 0 Å². The predicted octanol–water partition coefficient (Wildman–Crippen LogP) is 1.40. The number of rotatable bonds is 3. The molecule has 18 heavy (non-hydrogen) atoms. The standard InChI is InChI=1S/C14H17NO3/c1-2-18-13(17)14(9-6-10-15-12(14)16)11-7-4-3-5-8-11/h3-5,7-8H,2,6,9-10H2,1H3,(H,15,16)/t14-/m1/s1. The summed E-state index contributed by atoms with van der Waals surface area (Å²) in [5.41, 5.74) is -0.462. The van der Waals surface area contributed by atoms with Gasteiger partial charge >= 0.3 is 5.97 Å². The van der Waals surface area contributed by atoms with Crippen molar-refractivity contribution >= 4 is 11.9 Å². The molecule has 0 radical (unpaired) electrons. The number of carbonyl (C=O) groups excluding carboxylic acids is 2. The molecular weight excluding hydrogens is 230 g/mol. The number of amides is 1. The second-order valence-electron chi connectivity index (χ2n) is 4.35. The van der Waals surface area contributed by atoms with E-state index in [2.05, 4.69) is 5.32 Å². The number of ether oxygens (including phenoxy) is 1. The second-order valence-corrected chi connectivity index (χ2v) is 4.35. The summed E-state index contributed by atoms with van der Waals surface area (Å²) in [7, 11) is 0. The van der Waals surface area contributed by atoms with Crippen LogP contribution >= 0.6 is 0 Å². The monoisotopic (exact) mass is 247 g/mol. The summed E-state index contributed by atoms with van der Waals surface area (Å²) in [6, 6.07) is 9.14. The number of hydrogen-bond acceptors (Lipinski definition) is 3. The first kappa shape index (κ1) is 12.6. The van der Waals surface area contributed by atoms with Crippen LogP contribution in [-0.4, -0.2) is 25.0 Å². The lowest BCUT2D eigenvalue weighted by Crippen LogP contribution is -2.54. The zero-order valence-electron chi connectivity index (χ0n) is 10.4. The van der Waals surface area contributed by atoms with Crippen LogP contribution in [0.5, 0.6) is 0 Å². The molecule has 96 valence electrons. The van der Waals surface area contributed by atoms with Gasteiger partial charge in [-0.3, -0.25) is 9.59 Å². The molecule has 1 aromatic rings. The Morgan fingerprint density at radius 3 is 2.72 bits per heavy atom. The van der Waals surface area contributed by atoms with Crippen LogP contribution in [0.4, 0.5) is 0 Å². The molecule has 1 N–H and O–H groups in total. The van der Waals surface area contributed by atoms with Gasteiger partial charge in [0.05, 0.1) is 6.61 Å². The molecule has 0 saturated carbocycles. The van der Waals surface area contributed by atoms with Crippen LogP contribution in [0.25, 0.3) is 0 Å². The molecule has 1 atom stereocenters. The third kappa shape index (κ3) is 1.98. The normalized spacial score (nSPS) is 23.3. The Hall–Kier alpha value is -1.84. The molecule has 1 aliphatic rings. The molecule has 4 heteroatoms. The summed E-state index contributed by atoms with van der Waals surface area (Å²) in [5, 5.41) is 2.77. The Bertz CT molecular complexity index is 444. The zero-order chi connectivity index (χ0) is 13.0. The molecule has 1 amide bonds. The summed E-state index contributed by atoms with van der Waals surface area (Å²) in [6.07, 6.45) is 1.28. The number of benzene rings is 1. The van der Waals surface area contributed by atoms with Crippen molar-refractivity contribution in [2.45, 2.75) is 25.2 Å². The van der Waals surface area contributed by atoms with E-state index in [1.807, 2.05) is 30.3 Å². The fourth-order valence-electron chi connectivity index (χ4n) is 2.38. The van der Waals surface area contributed by atoms with Crippen LogP contribution in [0.2, 0.25) is 0 Å². The smallest absolute Gasteiger partial charge is 0.326 e. The van der Waals surface area contributed by atoms with Crippen LogP contribution in [0, 0.1) is 0 Å². The summed E-state index contributed by atoms with van der Waals surface area (Å²) in [4.78, 5) is 24.5. The van der Waals surface area contributed by atoms with E-state index in [4.69, 9.17) is 4.74 Å². The Kier molecular flexibility index (Phi) is 3.65. The minimum absolute atomic E-state index is 0.251. The molecule has 4 nitrogen and oxygen atoms in total. The summed E-state index contributed by atoms with van der Waals surface area (Å²) >= 11 is 0. The van der Waals surface area contributed by atoms with E-state index in [0.717, 1.165) is 6.42 Å². The van der Waals surface area contributed by atoms with Crippen molar-refractivity contribution in [1.29, 1.82) is 0 Å². The van der Waals surface area contributed by atoms with Gasteiger partial charge in [-0.25, -0.2) is 0 Å². The first-order chi connectivity index (χ1) is 8.71. The fourth-order valence-corrected chi connectivity index (χ4v) is 2.38. The van der Waals surface area contributed by atoms with Gasteiger partial charge in [0.25, 0.3) is 0 Å². The number of hydrogen-bond donors (Lipinski definition) is 1. The van der Waals surface area contributed by atoms with Gasteiger partial charge in [-0.1, -0.05) is 30.3 Å². The maximum Gasteiger partial charge on any atom is 0.326 e.